The number of halogens is 1. The predicted octanol–water partition coefficient (Wildman–Crippen LogP) is 3.05. The second-order valence-electron chi connectivity index (χ2n) is 7.03. The third-order valence-corrected chi connectivity index (χ3v) is 5.74. The van der Waals surface area contributed by atoms with Gasteiger partial charge in [0.05, 0.1) is 22.1 Å². The Kier molecular flexibility index (Phi) is 3.76. The molecule has 1 fully saturated rings. The molecule has 0 unspecified atom stereocenters. The van der Waals surface area contributed by atoms with Crippen LogP contribution in [0, 0.1) is 0 Å². The third kappa shape index (κ3) is 2.55. The molecule has 0 aromatic carbocycles. The highest BCUT2D eigenvalue weighted by Crippen LogP contribution is 2.39. The molecule has 0 bridgehead atoms. The molecule has 9 heteroatoms. The van der Waals surface area contributed by atoms with Crippen molar-refractivity contribution in [1.82, 2.24) is 29.7 Å². The number of hydrogen-bond donors (Lipinski definition) is 3. The quantitative estimate of drug-likeness (QED) is 0.489. The molecule has 27 heavy (non-hydrogen) atoms. The van der Waals surface area contributed by atoms with Crippen molar-refractivity contribution in [2.75, 3.05) is 5.73 Å². The molecule has 4 aromatic heterocycles. The van der Waals surface area contributed by atoms with E-state index in [1.807, 2.05) is 16.8 Å². The summed E-state index contributed by atoms with van der Waals surface area (Å²) in [4.78, 5) is 16.3. The number of nitrogens with one attached hydrogen (secondary N) is 1. The van der Waals surface area contributed by atoms with Crippen LogP contribution in [0.1, 0.15) is 31.7 Å². The van der Waals surface area contributed by atoms with E-state index in [2.05, 4.69) is 19.9 Å². The lowest BCUT2D eigenvalue weighted by atomic mass is 9.92. The van der Waals surface area contributed by atoms with Crippen molar-refractivity contribution in [3.8, 4) is 11.4 Å². The van der Waals surface area contributed by atoms with Gasteiger partial charge in [0.15, 0.2) is 5.65 Å². The van der Waals surface area contributed by atoms with Gasteiger partial charge in [0.2, 0.25) is 0 Å². The Hall–Kier alpha value is -2.71. The molecule has 0 radical (unpaired) electrons. The van der Waals surface area contributed by atoms with E-state index < -0.39 is 0 Å². The standard InChI is InChI=1S/C18H19ClN8/c19-13-11-2-1-7-22-17(11)25-15(13)14-12-16(21)23-8-24-18(12)27(26-14)10-5-3-9(20)4-6-10/h1-2,7-10H,3-6,20H2,(H,22,25)(H2,21,23,24). The fraction of sp³-hybridized carbons (Fsp3) is 0.333. The van der Waals surface area contributed by atoms with Gasteiger partial charge in [-0.1, -0.05) is 11.6 Å². The van der Waals surface area contributed by atoms with E-state index in [4.69, 9.17) is 28.2 Å². The Bertz CT molecular complexity index is 1140. The van der Waals surface area contributed by atoms with E-state index >= 15 is 0 Å². The van der Waals surface area contributed by atoms with Crippen molar-refractivity contribution in [2.24, 2.45) is 5.73 Å². The minimum absolute atomic E-state index is 0.233. The van der Waals surface area contributed by atoms with E-state index in [-0.39, 0.29) is 12.1 Å². The van der Waals surface area contributed by atoms with Gasteiger partial charge in [0.1, 0.15) is 23.5 Å². The van der Waals surface area contributed by atoms with Crippen LogP contribution in [0.25, 0.3) is 33.5 Å². The molecule has 0 atom stereocenters. The van der Waals surface area contributed by atoms with E-state index in [0.717, 1.165) is 36.7 Å². The lowest BCUT2D eigenvalue weighted by Crippen LogP contribution is -2.28. The van der Waals surface area contributed by atoms with E-state index in [1.165, 1.54) is 6.33 Å². The Morgan fingerprint density at radius 1 is 1.15 bits per heavy atom. The minimum atomic E-state index is 0.233. The normalized spacial score (nSPS) is 20.5. The topological polar surface area (TPSA) is 124 Å². The summed E-state index contributed by atoms with van der Waals surface area (Å²) in [5.41, 5.74) is 15.0. The van der Waals surface area contributed by atoms with Crippen LogP contribution in [0.15, 0.2) is 24.7 Å². The maximum atomic E-state index is 6.64. The van der Waals surface area contributed by atoms with E-state index in [9.17, 15) is 0 Å². The summed E-state index contributed by atoms with van der Waals surface area (Å²) in [5.74, 6) is 0.386. The number of hydrogen-bond acceptors (Lipinski definition) is 6. The molecule has 8 nitrogen and oxygen atoms in total. The number of nitrogen functional groups attached to an aromatic ring is 1. The van der Waals surface area contributed by atoms with Crippen LogP contribution in [-0.2, 0) is 0 Å². The van der Waals surface area contributed by atoms with Crippen LogP contribution in [0.3, 0.4) is 0 Å². The first-order chi connectivity index (χ1) is 13.1. The third-order valence-electron chi connectivity index (χ3n) is 5.35. The summed E-state index contributed by atoms with van der Waals surface area (Å²) in [6.45, 7) is 0. The zero-order valence-electron chi connectivity index (χ0n) is 14.6. The molecule has 1 saturated carbocycles. The number of nitrogens with zero attached hydrogens (tertiary/aromatic N) is 5. The van der Waals surface area contributed by atoms with E-state index in [0.29, 0.717) is 33.3 Å². The number of pyridine rings is 1. The molecule has 1 aliphatic carbocycles. The predicted molar refractivity (Wildman–Crippen MR) is 105 cm³/mol. The lowest BCUT2D eigenvalue weighted by Gasteiger charge is -2.26. The van der Waals surface area contributed by atoms with Crippen molar-refractivity contribution >= 4 is 39.5 Å². The monoisotopic (exact) mass is 382 g/mol. The van der Waals surface area contributed by atoms with Crippen molar-refractivity contribution in [2.45, 2.75) is 37.8 Å². The number of aromatic amines is 1. The SMILES string of the molecule is Nc1ncnc2c1c(-c1[nH]c3ncccc3c1Cl)nn2C1CCC(N)CC1. The maximum Gasteiger partial charge on any atom is 0.164 e. The number of aromatic nitrogens is 6. The Balaban J connectivity index is 1.73. The number of H-pyrrole nitrogens is 1. The Labute approximate surface area is 159 Å². The number of fused-ring (bicyclic) bond motifs is 2. The van der Waals surface area contributed by atoms with Crippen LogP contribution in [-0.4, -0.2) is 35.8 Å². The number of nitrogens with two attached hydrogens (primary N) is 2. The molecule has 0 spiro atoms. The second kappa shape index (κ2) is 6.17. The van der Waals surface area contributed by atoms with Crippen molar-refractivity contribution in [3.05, 3.63) is 29.7 Å². The van der Waals surface area contributed by atoms with Crippen molar-refractivity contribution < 1.29 is 0 Å². The molecule has 4 aromatic rings. The summed E-state index contributed by atoms with van der Waals surface area (Å²) in [7, 11) is 0. The molecule has 1 aliphatic rings. The van der Waals surface area contributed by atoms with Gasteiger partial charge < -0.3 is 16.5 Å². The average Bonchev–Trinajstić information content (AvgIpc) is 3.22. The summed E-state index contributed by atoms with van der Waals surface area (Å²) >= 11 is 6.64. The summed E-state index contributed by atoms with van der Waals surface area (Å²) in [6.07, 6.45) is 7.06. The van der Waals surface area contributed by atoms with Crippen LogP contribution in [0.4, 0.5) is 5.82 Å². The highest BCUT2D eigenvalue weighted by molar-refractivity contribution is 6.38. The van der Waals surface area contributed by atoms with Crippen LogP contribution < -0.4 is 11.5 Å². The number of rotatable bonds is 2. The van der Waals surface area contributed by atoms with Crippen LogP contribution in [0.5, 0.6) is 0 Å². The molecule has 138 valence electrons. The Morgan fingerprint density at radius 3 is 2.74 bits per heavy atom. The average molecular weight is 383 g/mol. The van der Waals surface area contributed by atoms with Gasteiger partial charge in [-0.05, 0) is 37.8 Å². The summed E-state index contributed by atoms with van der Waals surface area (Å²) in [6, 6.07) is 4.27. The fourth-order valence-corrected chi connectivity index (χ4v) is 4.21. The molecule has 0 aliphatic heterocycles. The van der Waals surface area contributed by atoms with Crippen LogP contribution >= 0.6 is 11.6 Å². The van der Waals surface area contributed by atoms with Crippen molar-refractivity contribution in [1.29, 1.82) is 0 Å². The molecule has 5 rings (SSSR count). The number of anilines is 1. The molecule has 5 N–H and O–H groups in total. The van der Waals surface area contributed by atoms with Gasteiger partial charge in [-0.15, -0.1) is 0 Å². The smallest absolute Gasteiger partial charge is 0.164 e. The van der Waals surface area contributed by atoms with Gasteiger partial charge in [-0.2, -0.15) is 5.10 Å². The van der Waals surface area contributed by atoms with Crippen molar-refractivity contribution in [3.63, 3.8) is 0 Å². The lowest BCUT2D eigenvalue weighted by molar-refractivity contribution is 0.310. The molecular weight excluding hydrogens is 364 g/mol. The first-order valence-electron chi connectivity index (χ1n) is 9.00. The molecule has 0 saturated heterocycles. The van der Waals surface area contributed by atoms with Gasteiger partial charge >= 0.3 is 0 Å². The maximum absolute atomic E-state index is 6.64. The largest absolute Gasteiger partial charge is 0.383 e. The van der Waals surface area contributed by atoms with E-state index in [1.54, 1.807) is 6.20 Å². The van der Waals surface area contributed by atoms with Gasteiger partial charge in [-0.3, -0.25) is 0 Å². The zero-order chi connectivity index (χ0) is 18.5. The minimum Gasteiger partial charge on any atom is -0.383 e. The first-order valence-corrected chi connectivity index (χ1v) is 9.38. The molecular formula is C18H19ClN8. The molecule has 0 amide bonds. The van der Waals surface area contributed by atoms with Gasteiger partial charge in [0, 0.05) is 17.6 Å². The van der Waals surface area contributed by atoms with Crippen LogP contribution in [0.2, 0.25) is 5.02 Å². The highest BCUT2D eigenvalue weighted by Gasteiger charge is 2.27. The van der Waals surface area contributed by atoms with Gasteiger partial charge in [-0.25, -0.2) is 19.6 Å². The summed E-state index contributed by atoms with van der Waals surface area (Å²) < 4.78 is 1.96. The zero-order valence-corrected chi connectivity index (χ0v) is 15.3. The second-order valence-corrected chi connectivity index (χ2v) is 7.41. The first kappa shape index (κ1) is 16.5. The highest BCUT2D eigenvalue weighted by atomic mass is 35.5. The summed E-state index contributed by atoms with van der Waals surface area (Å²) in [5, 5.41) is 7.00. The fourth-order valence-electron chi connectivity index (χ4n) is 3.92. The molecule has 4 heterocycles. The Morgan fingerprint density at radius 2 is 1.96 bits per heavy atom. The van der Waals surface area contributed by atoms with Gasteiger partial charge in [0.25, 0.3) is 0 Å².